The van der Waals surface area contributed by atoms with Gasteiger partial charge in [-0.3, -0.25) is 0 Å². The molecule has 0 radical (unpaired) electrons. The number of nitrogens with zero attached hydrogens (tertiary/aromatic N) is 2. The number of methoxy groups -OCH3 is 1. The normalized spacial score (nSPS) is 11.5. The monoisotopic (exact) mass is 225 g/mol. The number of pyridine rings is 1. The lowest BCUT2D eigenvalue weighted by atomic mass is 10.1. The van der Waals surface area contributed by atoms with E-state index in [1.807, 2.05) is 6.92 Å². The number of nitrogens with two attached hydrogens (primary N) is 1. The molecule has 1 aromatic rings. The van der Waals surface area contributed by atoms with Crippen LogP contribution < -0.4 is 10.5 Å². The molecule has 0 saturated carbocycles. The molecule has 16 heavy (non-hydrogen) atoms. The van der Waals surface area contributed by atoms with E-state index in [1.54, 1.807) is 19.4 Å². The Morgan fingerprint density at radius 3 is 2.94 bits per heavy atom. The molecule has 0 amide bonds. The smallest absolute Gasteiger partial charge is 0.224 e. The lowest BCUT2D eigenvalue weighted by Crippen LogP contribution is -2.18. The van der Waals surface area contributed by atoms with Crippen molar-refractivity contribution in [2.45, 2.75) is 6.92 Å². The molecule has 0 saturated heterocycles. The van der Waals surface area contributed by atoms with Crippen LogP contribution in [0.25, 0.3) is 0 Å². The Morgan fingerprint density at radius 1 is 1.56 bits per heavy atom. The van der Waals surface area contributed by atoms with Crippen molar-refractivity contribution in [1.82, 2.24) is 4.98 Å². The zero-order chi connectivity index (χ0) is 12.0. The zero-order valence-electron chi connectivity index (χ0n) is 9.30. The van der Waals surface area contributed by atoms with Gasteiger partial charge in [0, 0.05) is 13.3 Å². The van der Waals surface area contributed by atoms with Crippen LogP contribution in [0.2, 0.25) is 0 Å². The summed E-state index contributed by atoms with van der Waals surface area (Å²) in [7, 11) is 1.58. The van der Waals surface area contributed by atoms with Gasteiger partial charge in [0.25, 0.3) is 0 Å². The van der Waals surface area contributed by atoms with E-state index in [1.165, 1.54) is 0 Å². The number of aromatic nitrogens is 1. The molecule has 1 aromatic heterocycles. The van der Waals surface area contributed by atoms with Crippen LogP contribution in [0, 0.1) is 6.92 Å². The van der Waals surface area contributed by atoms with Crippen LogP contribution in [0.3, 0.4) is 0 Å². The van der Waals surface area contributed by atoms with E-state index < -0.39 is 0 Å². The largest absolute Gasteiger partial charge is 0.475 e. The fraction of sp³-hybridized carbons (Fsp3) is 0.400. The van der Waals surface area contributed by atoms with E-state index in [9.17, 15) is 0 Å². The number of aryl methyl sites for hydroxylation is 1. The maximum atomic E-state index is 8.66. The van der Waals surface area contributed by atoms with Crippen molar-refractivity contribution >= 4 is 5.84 Å². The van der Waals surface area contributed by atoms with E-state index in [4.69, 9.17) is 20.4 Å². The second-order valence-electron chi connectivity index (χ2n) is 3.13. The van der Waals surface area contributed by atoms with Gasteiger partial charge in [-0.1, -0.05) is 5.16 Å². The van der Waals surface area contributed by atoms with Gasteiger partial charge in [-0.05, 0) is 18.6 Å². The molecule has 0 fully saturated rings. The molecule has 88 valence electrons. The third-order valence-electron chi connectivity index (χ3n) is 2.01. The maximum Gasteiger partial charge on any atom is 0.224 e. The van der Waals surface area contributed by atoms with Gasteiger partial charge in [-0.2, -0.15) is 0 Å². The number of rotatable bonds is 5. The molecule has 0 unspecified atom stereocenters. The topological polar surface area (TPSA) is 90.0 Å². The SMILES string of the molecule is COCCOc1nccc(C)c1/C(N)=N/O. The van der Waals surface area contributed by atoms with Crippen molar-refractivity contribution in [1.29, 1.82) is 0 Å². The van der Waals surface area contributed by atoms with Crippen molar-refractivity contribution in [2.24, 2.45) is 10.9 Å². The Balaban J connectivity index is 2.94. The molecule has 1 heterocycles. The number of ether oxygens (including phenoxy) is 2. The molecule has 0 aliphatic rings. The summed E-state index contributed by atoms with van der Waals surface area (Å²) < 4.78 is 10.2. The average Bonchev–Trinajstić information content (AvgIpc) is 2.29. The summed E-state index contributed by atoms with van der Waals surface area (Å²) in [5.74, 6) is 0.324. The number of amidine groups is 1. The van der Waals surface area contributed by atoms with Gasteiger partial charge >= 0.3 is 0 Å². The average molecular weight is 225 g/mol. The first-order valence-corrected chi connectivity index (χ1v) is 4.76. The van der Waals surface area contributed by atoms with Crippen LogP contribution in [0.4, 0.5) is 0 Å². The maximum absolute atomic E-state index is 8.66. The second kappa shape index (κ2) is 5.92. The third-order valence-corrected chi connectivity index (χ3v) is 2.01. The summed E-state index contributed by atoms with van der Waals surface area (Å²) in [5.41, 5.74) is 6.88. The van der Waals surface area contributed by atoms with Crippen LogP contribution in [0.15, 0.2) is 17.4 Å². The molecule has 0 bridgehead atoms. The zero-order valence-corrected chi connectivity index (χ0v) is 9.30. The molecule has 0 aromatic carbocycles. The fourth-order valence-corrected chi connectivity index (χ4v) is 1.23. The highest BCUT2D eigenvalue weighted by Crippen LogP contribution is 2.18. The Kier molecular flexibility index (Phi) is 4.53. The summed E-state index contributed by atoms with van der Waals surface area (Å²) in [5, 5.41) is 11.6. The highest BCUT2D eigenvalue weighted by Gasteiger charge is 2.12. The van der Waals surface area contributed by atoms with Gasteiger partial charge in [0.1, 0.15) is 6.61 Å². The number of oxime groups is 1. The Bertz CT molecular complexity index is 380. The van der Waals surface area contributed by atoms with Crippen molar-refractivity contribution in [2.75, 3.05) is 20.3 Å². The number of hydrogen-bond acceptors (Lipinski definition) is 5. The summed E-state index contributed by atoms with van der Waals surface area (Å²) in [6.45, 7) is 2.64. The quantitative estimate of drug-likeness (QED) is 0.250. The first-order valence-electron chi connectivity index (χ1n) is 4.76. The lowest BCUT2D eigenvalue weighted by molar-refractivity contribution is 0.143. The summed E-state index contributed by atoms with van der Waals surface area (Å²) in [4.78, 5) is 4.03. The molecule has 6 nitrogen and oxygen atoms in total. The minimum atomic E-state index is -0.0157. The van der Waals surface area contributed by atoms with Gasteiger partial charge in [0.05, 0.1) is 12.2 Å². The lowest BCUT2D eigenvalue weighted by Gasteiger charge is -2.10. The molecule has 0 atom stereocenters. The summed E-state index contributed by atoms with van der Waals surface area (Å²) >= 11 is 0. The van der Waals surface area contributed by atoms with Crippen molar-refractivity contribution in [3.8, 4) is 5.88 Å². The van der Waals surface area contributed by atoms with E-state index >= 15 is 0 Å². The summed E-state index contributed by atoms with van der Waals surface area (Å²) in [6.07, 6.45) is 1.60. The van der Waals surface area contributed by atoms with Crippen molar-refractivity contribution in [3.05, 3.63) is 23.4 Å². The van der Waals surface area contributed by atoms with Gasteiger partial charge in [0.2, 0.25) is 5.88 Å². The molecule has 0 aliphatic carbocycles. The minimum Gasteiger partial charge on any atom is -0.475 e. The van der Waals surface area contributed by atoms with E-state index in [2.05, 4.69) is 10.1 Å². The highest BCUT2D eigenvalue weighted by atomic mass is 16.5. The first-order chi connectivity index (χ1) is 7.70. The molecular formula is C10H15N3O3. The first kappa shape index (κ1) is 12.3. The van der Waals surface area contributed by atoms with Crippen LogP contribution in [0.5, 0.6) is 5.88 Å². The third kappa shape index (κ3) is 2.83. The van der Waals surface area contributed by atoms with Gasteiger partial charge in [0.15, 0.2) is 5.84 Å². The molecule has 6 heteroatoms. The van der Waals surface area contributed by atoms with Crippen molar-refractivity contribution < 1.29 is 14.7 Å². The number of hydrogen-bond donors (Lipinski definition) is 2. The summed E-state index contributed by atoms with van der Waals surface area (Å²) in [6, 6.07) is 1.76. The van der Waals surface area contributed by atoms with Crippen LogP contribution in [-0.2, 0) is 4.74 Å². The molecule has 1 rings (SSSR count). The second-order valence-corrected chi connectivity index (χ2v) is 3.13. The Morgan fingerprint density at radius 2 is 2.31 bits per heavy atom. The van der Waals surface area contributed by atoms with Crippen molar-refractivity contribution in [3.63, 3.8) is 0 Å². The standard InChI is InChI=1S/C10H15N3O3/c1-7-3-4-12-10(16-6-5-15-2)8(7)9(11)13-14/h3-4,14H,5-6H2,1-2H3,(H2,11,13). The predicted molar refractivity (Wildman–Crippen MR) is 58.9 cm³/mol. The minimum absolute atomic E-state index is 0.0157. The fourth-order valence-electron chi connectivity index (χ4n) is 1.23. The van der Waals surface area contributed by atoms with E-state index in [0.29, 0.717) is 24.7 Å². The molecule has 3 N–H and O–H groups in total. The molecule has 0 aliphatic heterocycles. The highest BCUT2D eigenvalue weighted by molar-refractivity contribution is 6.00. The predicted octanol–water partition coefficient (Wildman–Crippen LogP) is 0.510. The van der Waals surface area contributed by atoms with Gasteiger partial charge < -0.3 is 20.4 Å². The van der Waals surface area contributed by atoms with Gasteiger partial charge in [-0.15, -0.1) is 0 Å². The van der Waals surface area contributed by atoms with Crippen LogP contribution in [0.1, 0.15) is 11.1 Å². The molecule has 0 spiro atoms. The van der Waals surface area contributed by atoms with Crippen LogP contribution >= 0.6 is 0 Å². The molecular weight excluding hydrogens is 210 g/mol. The Labute approximate surface area is 93.7 Å². The van der Waals surface area contributed by atoms with Crippen LogP contribution in [-0.4, -0.2) is 36.4 Å². The van der Waals surface area contributed by atoms with Gasteiger partial charge in [-0.25, -0.2) is 4.98 Å². The van der Waals surface area contributed by atoms with E-state index in [-0.39, 0.29) is 5.84 Å². The Hall–Kier alpha value is -1.82. The van der Waals surface area contributed by atoms with E-state index in [0.717, 1.165) is 5.56 Å².